The molecule has 0 saturated carbocycles. The number of carbonyl (C=O) groups is 1. The Bertz CT molecular complexity index is 987. The summed E-state index contributed by atoms with van der Waals surface area (Å²) in [6.07, 6.45) is 2.58. The minimum absolute atomic E-state index is 0.237. The molecule has 29 heavy (non-hydrogen) atoms. The molecule has 152 valence electrons. The molecule has 1 saturated heterocycles. The highest BCUT2D eigenvalue weighted by Crippen LogP contribution is 2.28. The average molecular weight is 392 g/mol. The number of ether oxygens (including phenoxy) is 1. The minimum Gasteiger partial charge on any atom is -0.495 e. The summed E-state index contributed by atoms with van der Waals surface area (Å²) >= 11 is 0. The number of para-hydroxylation sites is 3. The smallest absolute Gasteiger partial charge is 0.166 e. The summed E-state index contributed by atoms with van der Waals surface area (Å²) in [5.41, 5.74) is 3.15. The lowest BCUT2D eigenvalue weighted by Crippen LogP contribution is -2.47. The SMILES string of the molecule is CCn1cc(C(=O)CCN2CCN(c3ccccc3OC)CC2)c2ccccc21. The van der Waals surface area contributed by atoms with Gasteiger partial charge in [-0.05, 0) is 25.1 Å². The van der Waals surface area contributed by atoms with Gasteiger partial charge in [0, 0.05) is 68.4 Å². The van der Waals surface area contributed by atoms with Crippen molar-refractivity contribution < 1.29 is 9.53 Å². The molecule has 0 N–H and O–H groups in total. The number of benzene rings is 2. The third kappa shape index (κ3) is 4.01. The molecule has 0 atom stereocenters. The fraction of sp³-hybridized carbons (Fsp3) is 0.375. The number of hydrogen-bond donors (Lipinski definition) is 0. The molecule has 2 aromatic carbocycles. The van der Waals surface area contributed by atoms with Crippen LogP contribution >= 0.6 is 0 Å². The lowest BCUT2D eigenvalue weighted by molar-refractivity contribution is 0.0964. The van der Waals surface area contributed by atoms with E-state index >= 15 is 0 Å². The summed E-state index contributed by atoms with van der Waals surface area (Å²) in [5, 5.41) is 1.07. The van der Waals surface area contributed by atoms with Crippen molar-refractivity contribution in [1.29, 1.82) is 0 Å². The average Bonchev–Trinajstić information content (AvgIpc) is 3.17. The second kappa shape index (κ2) is 8.70. The number of carbonyl (C=O) groups excluding carboxylic acids is 1. The van der Waals surface area contributed by atoms with E-state index < -0.39 is 0 Å². The minimum atomic E-state index is 0.237. The van der Waals surface area contributed by atoms with E-state index in [1.807, 2.05) is 30.5 Å². The summed E-state index contributed by atoms with van der Waals surface area (Å²) in [5.74, 6) is 1.16. The zero-order valence-corrected chi connectivity index (χ0v) is 17.3. The maximum atomic E-state index is 12.9. The molecule has 0 bridgehead atoms. The fourth-order valence-corrected chi connectivity index (χ4v) is 4.23. The molecular formula is C24H29N3O2. The molecular weight excluding hydrogens is 362 g/mol. The van der Waals surface area contributed by atoms with Gasteiger partial charge in [-0.1, -0.05) is 30.3 Å². The standard InChI is InChI=1S/C24H29N3O2/c1-3-26-18-20(19-8-4-5-9-21(19)26)23(28)12-13-25-14-16-27(17-15-25)22-10-6-7-11-24(22)29-2/h4-11,18H,3,12-17H2,1-2H3. The number of aryl methyl sites for hydroxylation is 1. The van der Waals surface area contributed by atoms with E-state index in [1.54, 1.807) is 7.11 Å². The molecule has 0 amide bonds. The maximum Gasteiger partial charge on any atom is 0.166 e. The zero-order chi connectivity index (χ0) is 20.2. The molecule has 1 aliphatic rings. The first-order valence-electron chi connectivity index (χ1n) is 10.4. The molecule has 0 aliphatic carbocycles. The quantitative estimate of drug-likeness (QED) is 0.569. The third-order valence-electron chi connectivity index (χ3n) is 5.88. The highest BCUT2D eigenvalue weighted by atomic mass is 16.5. The normalized spacial score (nSPS) is 15.0. The zero-order valence-electron chi connectivity index (χ0n) is 17.3. The predicted molar refractivity (Wildman–Crippen MR) is 118 cm³/mol. The lowest BCUT2D eigenvalue weighted by Gasteiger charge is -2.36. The van der Waals surface area contributed by atoms with Crippen LogP contribution in [0, 0.1) is 0 Å². The van der Waals surface area contributed by atoms with E-state index in [4.69, 9.17) is 4.74 Å². The van der Waals surface area contributed by atoms with E-state index in [0.717, 1.165) is 67.2 Å². The van der Waals surface area contributed by atoms with Gasteiger partial charge in [0.1, 0.15) is 5.75 Å². The Morgan fingerprint density at radius 3 is 2.48 bits per heavy atom. The number of nitrogens with zero attached hydrogens (tertiary/aromatic N) is 3. The van der Waals surface area contributed by atoms with Gasteiger partial charge >= 0.3 is 0 Å². The molecule has 0 radical (unpaired) electrons. The van der Waals surface area contributed by atoms with Crippen molar-refractivity contribution in [3.63, 3.8) is 0 Å². The highest BCUT2D eigenvalue weighted by molar-refractivity contribution is 6.08. The largest absolute Gasteiger partial charge is 0.495 e. The predicted octanol–water partition coefficient (Wildman–Crippen LogP) is 4.06. The van der Waals surface area contributed by atoms with Gasteiger partial charge in [-0.25, -0.2) is 0 Å². The first-order valence-corrected chi connectivity index (χ1v) is 10.4. The molecule has 0 unspecified atom stereocenters. The van der Waals surface area contributed by atoms with Gasteiger partial charge in [0.2, 0.25) is 0 Å². The van der Waals surface area contributed by atoms with Crippen LogP contribution in [0.1, 0.15) is 23.7 Å². The Kier molecular flexibility index (Phi) is 5.86. The van der Waals surface area contributed by atoms with Crippen LogP contribution in [0.25, 0.3) is 10.9 Å². The first kappa shape index (κ1) is 19.5. The number of rotatable bonds is 7. The van der Waals surface area contributed by atoms with E-state index in [0.29, 0.717) is 6.42 Å². The van der Waals surface area contributed by atoms with Crippen LogP contribution in [0.3, 0.4) is 0 Å². The van der Waals surface area contributed by atoms with Gasteiger partial charge in [-0.15, -0.1) is 0 Å². The Hall–Kier alpha value is -2.79. The maximum absolute atomic E-state index is 12.9. The van der Waals surface area contributed by atoms with Crippen LogP contribution < -0.4 is 9.64 Å². The van der Waals surface area contributed by atoms with Crippen LogP contribution in [0.15, 0.2) is 54.7 Å². The van der Waals surface area contributed by atoms with Crippen LogP contribution in [-0.2, 0) is 6.54 Å². The van der Waals surface area contributed by atoms with Gasteiger partial charge in [0.25, 0.3) is 0 Å². The van der Waals surface area contributed by atoms with Gasteiger partial charge < -0.3 is 14.2 Å². The number of Topliss-reactive ketones (excluding diaryl/α,β-unsaturated/α-hetero) is 1. The Labute approximate surface area is 172 Å². The van der Waals surface area contributed by atoms with Gasteiger partial charge in [0.15, 0.2) is 5.78 Å². The number of fused-ring (bicyclic) bond motifs is 1. The molecule has 1 aromatic heterocycles. The summed E-state index contributed by atoms with van der Waals surface area (Å²) in [4.78, 5) is 17.7. The number of anilines is 1. The van der Waals surface area contributed by atoms with Crippen molar-refractivity contribution in [2.24, 2.45) is 0 Å². The summed E-state index contributed by atoms with van der Waals surface area (Å²) < 4.78 is 7.66. The van der Waals surface area contributed by atoms with Crippen LogP contribution in [0.4, 0.5) is 5.69 Å². The number of piperazine rings is 1. The van der Waals surface area contributed by atoms with E-state index in [9.17, 15) is 4.79 Å². The van der Waals surface area contributed by atoms with Gasteiger partial charge in [0.05, 0.1) is 12.8 Å². The monoisotopic (exact) mass is 391 g/mol. The van der Waals surface area contributed by atoms with Crippen LogP contribution in [0.5, 0.6) is 5.75 Å². The van der Waals surface area contributed by atoms with Crippen LogP contribution in [-0.4, -0.2) is 55.1 Å². The number of hydrogen-bond acceptors (Lipinski definition) is 4. The molecule has 3 aromatic rings. The molecule has 5 heteroatoms. The summed E-state index contributed by atoms with van der Waals surface area (Å²) in [6, 6.07) is 16.4. The number of ketones is 1. The van der Waals surface area contributed by atoms with Gasteiger partial charge in [-0.3, -0.25) is 9.69 Å². The Balaban J connectivity index is 1.36. The van der Waals surface area contributed by atoms with Crippen molar-refractivity contribution in [3.8, 4) is 5.75 Å². The topological polar surface area (TPSA) is 37.7 Å². The van der Waals surface area contributed by atoms with Crippen molar-refractivity contribution in [3.05, 3.63) is 60.3 Å². The first-order chi connectivity index (χ1) is 14.2. The second-order valence-electron chi connectivity index (χ2n) is 7.52. The lowest BCUT2D eigenvalue weighted by atomic mass is 10.1. The molecule has 0 spiro atoms. The molecule has 1 aliphatic heterocycles. The van der Waals surface area contributed by atoms with Crippen molar-refractivity contribution in [1.82, 2.24) is 9.47 Å². The van der Waals surface area contributed by atoms with E-state index in [1.165, 1.54) is 0 Å². The van der Waals surface area contributed by atoms with Gasteiger partial charge in [-0.2, -0.15) is 0 Å². The highest BCUT2D eigenvalue weighted by Gasteiger charge is 2.21. The Morgan fingerprint density at radius 1 is 1.00 bits per heavy atom. The third-order valence-corrected chi connectivity index (χ3v) is 5.88. The van der Waals surface area contributed by atoms with Crippen molar-refractivity contribution in [2.75, 3.05) is 44.7 Å². The van der Waals surface area contributed by atoms with Crippen LogP contribution in [0.2, 0.25) is 0 Å². The second-order valence-corrected chi connectivity index (χ2v) is 7.52. The Morgan fingerprint density at radius 2 is 1.72 bits per heavy atom. The number of methoxy groups -OCH3 is 1. The van der Waals surface area contributed by atoms with E-state index in [2.05, 4.69) is 45.6 Å². The molecule has 5 nitrogen and oxygen atoms in total. The number of aromatic nitrogens is 1. The van der Waals surface area contributed by atoms with Crippen molar-refractivity contribution in [2.45, 2.75) is 19.9 Å². The molecule has 2 heterocycles. The molecule has 1 fully saturated rings. The van der Waals surface area contributed by atoms with E-state index in [-0.39, 0.29) is 5.78 Å². The molecule has 4 rings (SSSR count). The summed E-state index contributed by atoms with van der Waals surface area (Å²) in [7, 11) is 1.72. The van der Waals surface area contributed by atoms with Crippen molar-refractivity contribution >= 4 is 22.4 Å². The fourth-order valence-electron chi connectivity index (χ4n) is 4.23. The summed E-state index contributed by atoms with van der Waals surface area (Å²) in [6.45, 7) is 7.61.